The summed E-state index contributed by atoms with van der Waals surface area (Å²) in [5.74, 6) is 0. The van der Waals surface area contributed by atoms with Gasteiger partial charge in [-0.3, -0.25) is 0 Å². The molecular weight excluding hydrogens is 335 g/mol. The molecule has 1 unspecified atom stereocenters. The highest BCUT2D eigenvalue weighted by Gasteiger charge is 2.23. The lowest BCUT2D eigenvalue weighted by atomic mass is 10.1. The number of benzene rings is 1. The predicted molar refractivity (Wildman–Crippen MR) is 89.1 cm³/mol. The molecule has 118 valence electrons. The zero-order valence-corrected chi connectivity index (χ0v) is 13.8. The Morgan fingerprint density at radius 3 is 2.39 bits per heavy atom. The third-order valence-electron chi connectivity index (χ3n) is 3.63. The molecule has 3 rings (SSSR count). The number of aliphatic hydroxyl groups is 1. The van der Waals surface area contributed by atoms with E-state index in [9.17, 15) is 5.11 Å². The predicted octanol–water partition coefficient (Wildman–Crippen LogP) is 3.61. The molecule has 0 aliphatic carbocycles. The van der Waals surface area contributed by atoms with Crippen molar-refractivity contribution >= 4 is 23.2 Å². The fraction of sp³-hybridized carbons (Fsp3) is 0.188. The molecule has 5 nitrogen and oxygen atoms in total. The second kappa shape index (κ2) is 6.66. The van der Waals surface area contributed by atoms with Crippen molar-refractivity contribution in [3.63, 3.8) is 0 Å². The summed E-state index contributed by atoms with van der Waals surface area (Å²) in [6.45, 7) is 2.10. The van der Waals surface area contributed by atoms with E-state index in [1.54, 1.807) is 17.1 Å². The Morgan fingerprint density at radius 2 is 1.78 bits per heavy atom. The van der Waals surface area contributed by atoms with Crippen LogP contribution in [0.2, 0.25) is 10.3 Å². The van der Waals surface area contributed by atoms with Gasteiger partial charge in [-0.05, 0) is 24.1 Å². The molecule has 0 spiro atoms. The average Bonchev–Trinajstić information content (AvgIpc) is 3.04. The molecule has 0 fully saturated rings. The lowest BCUT2D eigenvalue weighted by Gasteiger charge is -2.16. The molecule has 1 atom stereocenters. The maximum atomic E-state index is 10.7. The molecule has 23 heavy (non-hydrogen) atoms. The first-order chi connectivity index (χ1) is 11.1. The summed E-state index contributed by atoms with van der Waals surface area (Å²) in [6.07, 6.45) is 4.33. The molecule has 0 aliphatic rings. The van der Waals surface area contributed by atoms with Crippen LogP contribution in [-0.4, -0.2) is 24.6 Å². The van der Waals surface area contributed by atoms with Crippen LogP contribution < -0.4 is 0 Å². The molecule has 0 saturated heterocycles. The number of aryl methyl sites for hydroxylation is 1. The van der Waals surface area contributed by atoms with Gasteiger partial charge in [-0.15, -0.1) is 0 Å². The summed E-state index contributed by atoms with van der Waals surface area (Å²) in [5, 5.41) is 10.9. The summed E-state index contributed by atoms with van der Waals surface area (Å²) in [7, 11) is 0. The Balaban J connectivity index is 2.03. The molecule has 2 heterocycles. The van der Waals surface area contributed by atoms with Crippen molar-refractivity contribution in [3.8, 4) is 5.69 Å². The van der Waals surface area contributed by atoms with Crippen molar-refractivity contribution < 1.29 is 5.11 Å². The molecule has 1 aromatic carbocycles. The molecule has 0 bridgehead atoms. The second-order valence-electron chi connectivity index (χ2n) is 4.98. The van der Waals surface area contributed by atoms with Crippen LogP contribution >= 0.6 is 23.2 Å². The number of aliphatic hydroxyl groups excluding tert-OH is 1. The Hall–Kier alpha value is -1.95. The van der Waals surface area contributed by atoms with E-state index >= 15 is 0 Å². The Bertz CT molecular complexity index is 797. The van der Waals surface area contributed by atoms with Gasteiger partial charge in [0, 0.05) is 5.69 Å². The van der Waals surface area contributed by atoms with E-state index in [1.807, 2.05) is 24.3 Å². The molecule has 1 N–H and O–H groups in total. The minimum Gasteiger partial charge on any atom is -0.382 e. The van der Waals surface area contributed by atoms with E-state index in [1.165, 1.54) is 11.9 Å². The summed E-state index contributed by atoms with van der Waals surface area (Å²) >= 11 is 12.1. The van der Waals surface area contributed by atoms with Gasteiger partial charge in [-0.2, -0.15) is 0 Å². The molecule has 0 amide bonds. The Labute approximate surface area is 143 Å². The average molecular weight is 349 g/mol. The quantitative estimate of drug-likeness (QED) is 0.731. The first kappa shape index (κ1) is 15.9. The minimum atomic E-state index is -1.08. The second-order valence-corrected chi connectivity index (χ2v) is 5.70. The Morgan fingerprint density at radius 1 is 1.13 bits per heavy atom. The van der Waals surface area contributed by atoms with Crippen LogP contribution in [0.4, 0.5) is 0 Å². The van der Waals surface area contributed by atoms with Crippen LogP contribution in [0.15, 0.2) is 43.1 Å². The van der Waals surface area contributed by atoms with Gasteiger partial charge < -0.3 is 9.67 Å². The largest absolute Gasteiger partial charge is 0.382 e. The normalized spacial score (nSPS) is 12.3. The van der Waals surface area contributed by atoms with Crippen molar-refractivity contribution in [2.75, 3.05) is 0 Å². The first-order valence-corrected chi connectivity index (χ1v) is 7.83. The highest BCUT2D eigenvalue weighted by Crippen LogP contribution is 2.32. The fourth-order valence-electron chi connectivity index (χ4n) is 2.34. The van der Waals surface area contributed by atoms with Crippen LogP contribution in [0, 0.1) is 0 Å². The van der Waals surface area contributed by atoms with Crippen LogP contribution in [-0.2, 0) is 6.42 Å². The van der Waals surface area contributed by atoms with Gasteiger partial charge in [0.25, 0.3) is 0 Å². The molecular formula is C16H14Cl2N4O. The lowest BCUT2D eigenvalue weighted by Crippen LogP contribution is -2.09. The summed E-state index contributed by atoms with van der Waals surface area (Å²) in [6, 6.07) is 8.02. The lowest BCUT2D eigenvalue weighted by molar-refractivity contribution is 0.212. The van der Waals surface area contributed by atoms with Crippen molar-refractivity contribution in [1.82, 2.24) is 19.5 Å². The minimum absolute atomic E-state index is 0.117. The number of nitrogens with zero attached hydrogens (tertiary/aromatic N) is 4. The van der Waals surface area contributed by atoms with Crippen molar-refractivity contribution in [1.29, 1.82) is 0 Å². The van der Waals surface area contributed by atoms with Crippen molar-refractivity contribution in [2.24, 2.45) is 0 Å². The molecule has 7 heteroatoms. The monoisotopic (exact) mass is 348 g/mol. The fourth-order valence-corrected chi connectivity index (χ4v) is 2.86. The zero-order valence-electron chi connectivity index (χ0n) is 12.3. The van der Waals surface area contributed by atoms with E-state index < -0.39 is 6.10 Å². The molecule has 2 aromatic heterocycles. The van der Waals surface area contributed by atoms with Gasteiger partial charge in [0.2, 0.25) is 0 Å². The van der Waals surface area contributed by atoms with E-state index in [0.29, 0.717) is 5.69 Å². The Kier molecular flexibility index (Phi) is 4.61. The van der Waals surface area contributed by atoms with Crippen LogP contribution in [0.1, 0.15) is 29.8 Å². The van der Waals surface area contributed by atoms with Gasteiger partial charge in [0.15, 0.2) is 0 Å². The maximum absolute atomic E-state index is 10.7. The van der Waals surface area contributed by atoms with E-state index in [0.717, 1.165) is 12.1 Å². The number of imidazole rings is 1. The van der Waals surface area contributed by atoms with Gasteiger partial charge >= 0.3 is 0 Å². The molecule has 0 saturated carbocycles. The first-order valence-electron chi connectivity index (χ1n) is 7.07. The van der Waals surface area contributed by atoms with Crippen molar-refractivity contribution in [2.45, 2.75) is 19.4 Å². The third-order valence-corrected chi connectivity index (χ3v) is 4.23. The summed E-state index contributed by atoms with van der Waals surface area (Å²) in [5.41, 5.74) is 2.92. The number of rotatable bonds is 4. The standard InChI is InChI=1S/C16H14Cl2N4O/c1-2-10-3-5-11(6-4-10)22-9-19-7-12(22)14(23)13-15(17)20-8-21-16(13)18/h3-9,14,23H,2H2,1H3. The molecule has 0 radical (unpaired) electrons. The van der Waals surface area contributed by atoms with Gasteiger partial charge in [0.05, 0.1) is 23.8 Å². The summed E-state index contributed by atoms with van der Waals surface area (Å²) < 4.78 is 1.78. The maximum Gasteiger partial charge on any atom is 0.140 e. The van der Waals surface area contributed by atoms with Crippen LogP contribution in [0.25, 0.3) is 5.69 Å². The van der Waals surface area contributed by atoms with Crippen LogP contribution in [0.3, 0.4) is 0 Å². The third kappa shape index (κ3) is 3.08. The van der Waals surface area contributed by atoms with E-state index in [4.69, 9.17) is 23.2 Å². The zero-order chi connectivity index (χ0) is 16.4. The number of hydrogen-bond donors (Lipinski definition) is 1. The van der Waals surface area contributed by atoms with Gasteiger partial charge in [-0.1, -0.05) is 42.3 Å². The highest BCUT2D eigenvalue weighted by molar-refractivity contribution is 6.34. The van der Waals surface area contributed by atoms with Crippen LogP contribution in [0.5, 0.6) is 0 Å². The molecule has 0 aliphatic heterocycles. The number of aromatic nitrogens is 4. The van der Waals surface area contributed by atoms with E-state index in [2.05, 4.69) is 21.9 Å². The summed E-state index contributed by atoms with van der Waals surface area (Å²) in [4.78, 5) is 11.9. The molecule has 3 aromatic rings. The van der Waals surface area contributed by atoms with Crippen molar-refractivity contribution in [3.05, 3.63) is 70.2 Å². The number of hydrogen-bond acceptors (Lipinski definition) is 4. The van der Waals surface area contributed by atoms with Gasteiger partial charge in [-0.25, -0.2) is 15.0 Å². The number of halogens is 2. The van der Waals surface area contributed by atoms with E-state index in [-0.39, 0.29) is 15.9 Å². The van der Waals surface area contributed by atoms with Gasteiger partial charge in [0.1, 0.15) is 22.7 Å². The SMILES string of the molecule is CCc1ccc(-n2cncc2C(O)c2c(Cl)ncnc2Cl)cc1. The smallest absolute Gasteiger partial charge is 0.140 e. The topological polar surface area (TPSA) is 63.8 Å². The highest BCUT2D eigenvalue weighted by atomic mass is 35.5.